The van der Waals surface area contributed by atoms with Gasteiger partial charge in [0.1, 0.15) is 12.2 Å². The summed E-state index contributed by atoms with van der Waals surface area (Å²) >= 11 is 0. The molecule has 1 heterocycles. The number of hydrogen-bond donors (Lipinski definition) is 1. The molecule has 0 radical (unpaired) electrons. The quantitative estimate of drug-likeness (QED) is 0.428. The molecule has 118 valence electrons. The number of esters is 3. The molecule has 1 unspecified atom stereocenters. The predicted octanol–water partition coefficient (Wildman–Crippen LogP) is -0.315. The average molecular weight is 302 g/mol. The van der Waals surface area contributed by atoms with Crippen LogP contribution >= 0.6 is 0 Å². The van der Waals surface area contributed by atoms with Crippen molar-refractivity contribution in [3.63, 3.8) is 0 Å². The van der Waals surface area contributed by atoms with Gasteiger partial charge in [-0.25, -0.2) is 0 Å². The van der Waals surface area contributed by atoms with Gasteiger partial charge < -0.3 is 24.1 Å². The van der Waals surface area contributed by atoms with Gasteiger partial charge in [-0.1, -0.05) is 6.08 Å². The van der Waals surface area contributed by atoms with Gasteiger partial charge in [-0.15, -0.1) is 6.58 Å². The Labute approximate surface area is 121 Å². The summed E-state index contributed by atoms with van der Waals surface area (Å²) < 4.78 is 20.2. The molecule has 0 aliphatic carbocycles. The van der Waals surface area contributed by atoms with E-state index in [4.69, 9.17) is 18.9 Å². The molecule has 8 heteroatoms. The molecule has 8 nitrogen and oxygen atoms in total. The Morgan fingerprint density at radius 2 is 1.48 bits per heavy atom. The minimum absolute atomic E-state index is 0.682. The Hall–Kier alpha value is -1.93. The average Bonchev–Trinajstić information content (AvgIpc) is 2.35. The molecule has 0 aromatic heterocycles. The van der Waals surface area contributed by atoms with E-state index in [-0.39, 0.29) is 0 Å². The van der Waals surface area contributed by atoms with Crippen molar-refractivity contribution >= 4 is 17.9 Å². The Morgan fingerprint density at radius 1 is 1.00 bits per heavy atom. The van der Waals surface area contributed by atoms with E-state index in [9.17, 15) is 19.5 Å². The van der Waals surface area contributed by atoms with Crippen molar-refractivity contribution in [3.05, 3.63) is 12.7 Å². The van der Waals surface area contributed by atoms with Crippen LogP contribution in [0.1, 0.15) is 20.8 Å². The first kappa shape index (κ1) is 17.1. The molecule has 21 heavy (non-hydrogen) atoms. The summed E-state index contributed by atoms with van der Waals surface area (Å²) in [6, 6.07) is 0. The number of aliphatic hydroxyl groups excluding tert-OH is 1. The summed E-state index contributed by atoms with van der Waals surface area (Å²) in [4.78, 5) is 33.4. The number of carbonyl (C=O) groups is 3. The lowest BCUT2D eigenvalue weighted by atomic mass is 9.98. The maximum absolute atomic E-state index is 11.2. The zero-order chi connectivity index (χ0) is 16.2. The van der Waals surface area contributed by atoms with Gasteiger partial charge >= 0.3 is 17.9 Å². The third kappa shape index (κ3) is 4.54. The van der Waals surface area contributed by atoms with Crippen molar-refractivity contribution in [1.29, 1.82) is 0 Å². The highest BCUT2D eigenvalue weighted by Crippen LogP contribution is 2.27. The van der Waals surface area contributed by atoms with Crippen molar-refractivity contribution < 1.29 is 38.4 Å². The van der Waals surface area contributed by atoms with Crippen LogP contribution in [0.3, 0.4) is 0 Å². The molecule has 0 bridgehead atoms. The van der Waals surface area contributed by atoms with Gasteiger partial charge in [0.15, 0.2) is 6.10 Å². The van der Waals surface area contributed by atoms with Crippen LogP contribution in [0.4, 0.5) is 0 Å². The van der Waals surface area contributed by atoms with Crippen molar-refractivity contribution in [1.82, 2.24) is 0 Å². The molecule has 1 aliphatic rings. The number of ether oxygens (including phenoxy) is 4. The van der Waals surface area contributed by atoms with Crippen LogP contribution in [-0.2, 0) is 33.3 Å². The third-order valence-corrected chi connectivity index (χ3v) is 2.68. The normalized spacial score (nSPS) is 31.9. The van der Waals surface area contributed by atoms with Crippen LogP contribution in [0, 0.1) is 0 Å². The number of rotatable bonds is 4. The van der Waals surface area contributed by atoms with Crippen molar-refractivity contribution in [2.24, 2.45) is 0 Å². The van der Waals surface area contributed by atoms with Crippen LogP contribution in [-0.4, -0.2) is 53.7 Å². The Morgan fingerprint density at radius 3 is 1.90 bits per heavy atom. The first-order valence-corrected chi connectivity index (χ1v) is 6.24. The van der Waals surface area contributed by atoms with Gasteiger partial charge in [-0.2, -0.15) is 0 Å². The van der Waals surface area contributed by atoms with E-state index in [0.717, 1.165) is 20.8 Å². The van der Waals surface area contributed by atoms with Crippen molar-refractivity contribution in [2.75, 3.05) is 0 Å². The third-order valence-electron chi connectivity index (χ3n) is 2.68. The van der Waals surface area contributed by atoms with E-state index in [1.807, 2.05) is 0 Å². The number of carbonyl (C=O) groups excluding carboxylic acids is 3. The lowest BCUT2D eigenvalue weighted by Crippen LogP contribution is -2.60. The second-order valence-electron chi connectivity index (χ2n) is 4.45. The van der Waals surface area contributed by atoms with Crippen LogP contribution in [0.15, 0.2) is 12.7 Å². The molecule has 1 rings (SSSR count). The Balaban J connectivity index is 3.08. The fourth-order valence-corrected chi connectivity index (χ4v) is 1.95. The predicted molar refractivity (Wildman–Crippen MR) is 67.7 cm³/mol. The monoisotopic (exact) mass is 302 g/mol. The van der Waals surface area contributed by atoms with Gasteiger partial charge in [-0.3, -0.25) is 14.4 Å². The summed E-state index contributed by atoms with van der Waals surface area (Å²) in [6.45, 7) is 6.88. The summed E-state index contributed by atoms with van der Waals surface area (Å²) in [6.07, 6.45) is -4.84. The second kappa shape index (κ2) is 7.19. The molecular weight excluding hydrogens is 284 g/mol. The first-order chi connectivity index (χ1) is 9.76. The van der Waals surface area contributed by atoms with E-state index in [1.165, 1.54) is 6.08 Å². The van der Waals surface area contributed by atoms with Gasteiger partial charge in [-0.05, 0) is 0 Å². The van der Waals surface area contributed by atoms with Crippen molar-refractivity contribution in [3.8, 4) is 0 Å². The SMILES string of the molecule is C=C[C@@H]1OC(OC(C)=O)[C@@H](OC(C)=O)[C@H](OC(C)=O)[C@@H]1O. The molecule has 0 saturated carbocycles. The van der Waals surface area contributed by atoms with E-state index in [0.29, 0.717) is 0 Å². The number of aliphatic hydroxyl groups is 1. The highest BCUT2D eigenvalue weighted by atomic mass is 16.7. The van der Waals surface area contributed by atoms with Gasteiger partial charge in [0, 0.05) is 20.8 Å². The lowest BCUT2D eigenvalue weighted by molar-refractivity contribution is -0.285. The van der Waals surface area contributed by atoms with E-state index in [1.54, 1.807) is 0 Å². The second-order valence-corrected chi connectivity index (χ2v) is 4.45. The molecule has 1 saturated heterocycles. The highest BCUT2D eigenvalue weighted by Gasteiger charge is 2.50. The molecular formula is C13H18O8. The Kier molecular flexibility index (Phi) is 5.86. The summed E-state index contributed by atoms with van der Waals surface area (Å²) in [5.41, 5.74) is 0. The highest BCUT2D eigenvalue weighted by molar-refractivity contribution is 5.68. The van der Waals surface area contributed by atoms with Crippen LogP contribution in [0.5, 0.6) is 0 Å². The van der Waals surface area contributed by atoms with Crippen LogP contribution in [0.25, 0.3) is 0 Å². The largest absolute Gasteiger partial charge is 0.455 e. The molecule has 1 N–H and O–H groups in total. The maximum atomic E-state index is 11.2. The molecule has 5 atom stereocenters. The van der Waals surface area contributed by atoms with Gasteiger partial charge in [0.2, 0.25) is 12.4 Å². The smallest absolute Gasteiger partial charge is 0.305 e. The minimum Gasteiger partial charge on any atom is -0.455 e. The van der Waals surface area contributed by atoms with Gasteiger partial charge in [0.25, 0.3) is 0 Å². The molecule has 0 amide bonds. The minimum atomic E-state index is -1.32. The van der Waals surface area contributed by atoms with Crippen LogP contribution < -0.4 is 0 Å². The molecule has 0 spiro atoms. The van der Waals surface area contributed by atoms with Gasteiger partial charge in [0.05, 0.1) is 0 Å². The van der Waals surface area contributed by atoms with Crippen molar-refractivity contribution in [2.45, 2.75) is 51.5 Å². The van der Waals surface area contributed by atoms with E-state index in [2.05, 4.69) is 6.58 Å². The molecule has 0 aromatic carbocycles. The zero-order valence-corrected chi connectivity index (χ0v) is 12.0. The summed E-state index contributed by atoms with van der Waals surface area (Å²) in [7, 11) is 0. The summed E-state index contributed by atoms with van der Waals surface area (Å²) in [5, 5.41) is 10.1. The van der Waals surface area contributed by atoms with Crippen LogP contribution in [0.2, 0.25) is 0 Å². The van der Waals surface area contributed by atoms with E-state index >= 15 is 0 Å². The fourth-order valence-electron chi connectivity index (χ4n) is 1.95. The fraction of sp³-hybridized carbons (Fsp3) is 0.615. The molecule has 0 aromatic rings. The first-order valence-electron chi connectivity index (χ1n) is 6.24. The standard InChI is InChI=1S/C13H18O8/c1-5-9-10(17)11(18-6(2)14)12(19-7(3)15)13(21-9)20-8(4)16/h5,9-13,17H,1H2,2-4H3/t9-,10+,11+,12-,13?/m0/s1. The summed E-state index contributed by atoms with van der Waals surface area (Å²) in [5.74, 6) is -2.08. The zero-order valence-electron chi connectivity index (χ0n) is 12.0. The Bertz CT molecular complexity index is 432. The topological polar surface area (TPSA) is 108 Å². The number of hydrogen-bond acceptors (Lipinski definition) is 8. The lowest BCUT2D eigenvalue weighted by Gasteiger charge is -2.41. The maximum Gasteiger partial charge on any atom is 0.305 e. The molecule has 1 aliphatic heterocycles. The van der Waals surface area contributed by atoms with E-state index < -0.39 is 48.6 Å². The molecule has 1 fully saturated rings.